The number of amides is 1. The molecule has 5 heteroatoms. The molecule has 52 valence electrons. The number of carbonyl (C=O) groups excluding carboxylic acids is 1. The molecule has 1 heterocycles. The molecule has 1 amide bonds. The summed E-state index contributed by atoms with van der Waals surface area (Å²) < 4.78 is 0. The molecule has 4 nitrogen and oxygen atoms in total. The molecule has 0 bridgehead atoms. The second-order valence-corrected chi connectivity index (χ2v) is 2.78. The van der Waals surface area contributed by atoms with Crippen molar-refractivity contribution in [3.05, 3.63) is 0 Å². The Balaban J connectivity index is 2.32. The summed E-state index contributed by atoms with van der Waals surface area (Å²) in [6, 6.07) is -0.208. The Bertz CT molecular complexity index is 113. The van der Waals surface area contributed by atoms with Gasteiger partial charge in [-0.3, -0.25) is 15.3 Å². The van der Waals surface area contributed by atoms with Gasteiger partial charge in [0, 0.05) is 11.6 Å². The molecular weight excluding hydrogens is 140 g/mol. The Labute approximate surface area is 57.0 Å². The van der Waals surface area contributed by atoms with Crippen LogP contribution in [0.15, 0.2) is 0 Å². The van der Waals surface area contributed by atoms with Crippen LogP contribution in [0.1, 0.15) is 0 Å². The standard InChI is InChI=1S/C4H8N2O2S/c7-4(6-8)3-1-9-2-5-3/h3,5,8H,1-2H2,(H,6,7). The lowest BCUT2D eigenvalue weighted by molar-refractivity contribution is -0.130. The van der Waals surface area contributed by atoms with Crippen molar-refractivity contribution in [3.63, 3.8) is 0 Å². The quantitative estimate of drug-likeness (QED) is 0.335. The third-order valence-electron chi connectivity index (χ3n) is 1.14. The van der Waals surface area contributed by atoms with Crippen molar-refractivity contribution < 1.29 is 10.0 Å². The summed E-state index contributed by atoms with van der Waals surface area (Å²) in [5.41, 5.74) is 1.59. The molecule has 0 spiro atoms. The van der Waals surface area contributed by atoms with Crippen LogP contribution in [0, 0.1) is 0 Å². The summed E-state index contributed by atoms with van der Waals surface area (Å²) in [4.78, 5) is 10.6. The molecule has 0 radical (unpaired) electrons. The van der Waals surface area contributed by atoms with Crippen LogP contribution in [0.5, 0.6) is 0 Å². The van der Waals surface area contributed by atoms with E-state index in [2.05, 4.69) is 5.32 Å². The SMILES string of the molecule is O=C(NO)C1CSCN1. The molecule has 0 aliphatic carbocycles. The van der Waals surface area contributed by atoms with Crippen molar-refractivity contribution in [3.8, 4) is 0 Å². The van der Waals surface area contributed by atoms with Crippen molar-refractivity contribution in [2.24, 2.45) is 0 Å². The van der Waals surface area contributed by atoms with Gasteiger partial charge in [-0.15, -0.1) is 11.8 Å². The first kappa shape index (κ1) is 6.85. The predicted molar refractivity (Wildman–Crippen MR) is 34.2 cm³/mol. The van der Waals surface area contributed by atoms with Crippen LogP contribution in [0.4, 0.5) is 0 Å². The second kappa shape index (κ2) is 3.05. The van der Waals surface area contributed by atoms with Crippen LogP contribution < -0.4 is 10.8 Å². The average Bonchev–Trinajstić information content (AvgIpc) is 2.37. The van der Waals surface area contributed by atoms with Gasteiger partial charge in [0.25, 0.3) is 5.91 Å². The number of hydroxylamine groups is 1. The zero-order valence-electron chi connectivity index (χ0n) is 4.76. The van der Waals surface area contributed by atoms with E-state index in [1.165, 1.54) is 0 Å². The van der Waals surface area contributed by atoms with E-state index in [-0.39, 0.29) is 11.9 Å². The molecule has 1 aliphatic heterocycles. The summed E-state index contributed by atoms with van der Waals surface area (Å²) in [5.74, 6) is 1.19. The van der Waals surface area contributed by atoms with Crippen LogP contribution in [0.3, 0.4) is 0 Å². The summed E-state index contributed by atoms with van der Waals surface area (Å²) in [6.45, 7) is 0. The van der Waals surface area contributed by atoms with E-state index < -0.39 is 0 Å². The highest BCUT2D eigenvalue weighted by Gasteiger charge is 2.21. The molecule has 1 saturated heterocycles. The lowest BCUT2D eigenvalue weighted by Crippen LogP contribution is -2.40. The summed E-state index contributed by atoms with van der Waals surface area (Å²) in [6.07, 6.45) is 0. The largest absolute Gasteiger partial charge is 0.296 e. The maximum Gasteiger partial charge on any atom is 0.261 e. The Hall–Kier alpha value is -0.260. The van der Waals surface area contributed by atoms with Gasteiger partial charge in [-0.1, -0.05) is 0 Å². The molecule has 9 heavy (non-hydrogen) atoms. The number of thioether (sulfide) groups is 1. The highest BCUT2D eigenvalue weighted by atomic mass is 32.2. The molecule has 0 aromatic heterocycles. The summed E-state index contributed by atoms with van der Waals surface area (Å²) >= 11 is 1.64. The van der Waals surface area contributed by atoms with Gasteiger partial charge in [0.05, 0.1) is 6.04 Å². The lowest BCUT2D eigenvalue weighted by atomic mass is 10.3. The fourth-order valence-corrected chi connectivity index (χ4v) is 1.58. The minimum absolute atomic E-state index is 0.208. The second-order valence-electron chi connectivity index (χ2n) is 1.75. The molecule has 0 saturated carbocycles. The minimum atomic E-state index is -0.347. The van der Waals surface area contributed by atoms with E-state index in [1.54, 1.807) is 17.2 Å². The first-order chi connectivity index (χ1) is 4.34. The summed E-state index contributed by atoms with van der Waals surface area (Å²) in [7, 11) is 0. The number of hydrogen-bond donors (Lipinski definition) is 3. The molecule has 0 aromatic rings. The first-order valence-corrected chi connectivity index (χ1v) is 3.75. The minimum Gasteiger partial charge on any atom is -0.296 e. The predicted octanol–water partition coefficient (Wildman–Crippen LogP) is -0.846. The van der Waals surface area contributed by atoms with E-state index in [0.29, 0.717) is 0 Å². The van der Waals surface area contributed by atoms with Crippen LogP contribution in [0.2, 0.25) is 0 Å². The van der Waals surface area contributed by atoms with Crippen LogP contribution in [0.25, 0.3) is 0 Å². The van der Waals surface area contributed by atoms with Crippen LogP contribution >= 0.6 is 11.8 Å². The number of hydrogen-bond acceptors (Lipinski definition) is 4. The number of rotatable bonds is 1. The van der Waals surface area contributed by atoms with Gasteiger partial charge in [-0.2, -0.15) is 0 Å². The zero-order valence-corrected chi connectivity index (χ0v) is 5.57. The average molecular weight is 148 g/mol. The van der Waals surface area contributed by atoms with Crippen molar-refractivity contribution in [1.82, 2.24) is 10.8 Å². The van der Waals surface area contributed by atoms with Crippen molar-refractivity contribution in [2.75, 3.05) is 11.6 Å². The van der Waals surface area contributed by atoms with Crippen molar-refractivity contribution >= 4 is 17.7 Å². The van der Waals surface area contributed by atoms with Crippen molar-refractivity contribution in [2.45, 2.75) is 6.04 Å². The highest BCUT2D eigenvalue weighted by molar-refractivity contribution is 7.99. The third kappa shape index (κ3) is 1.57. The molecule has 0 aromatic carbocycles. The van der Waals surface area contributed by atoms with Gasteiger partial charge in [-0.05, 0) is 0 Å². The normalized spacial score (nSPS) is 26.1. The van der Waals surface area contributed by atoms with Crippen LogP contribution in [-0.4, -0.2) is 28.8 Å². The third-order valence-corrected chi connectivity index (χ3v) is 2.08. The van der Waals surface area contributed by atoms with E-state index in [1.807, 2.05) is 0 Å². The Kier molecular flexibility index (Phi) is 2.32. The molecule has 1 aliphatic rings. The Morgan fingerprint density at radius 2 is 2.67 bits per heavy atom. The zero-order chi connectivity index (χ0) is 6.69. The molecule has 1 atom stereocenters. The fraction of sp³-hybridized carbons (Fsp3) is 0.750. The molecule has 1 unspecified atom stereocenters. The van der Waals surface area contributed by atoms with Gasteiger partial charge >= 0.3 is 0 Å². The Morgan fingerprint density at radius 1 is 1.89 bits per heavy atom. The van der Waals surface area contributed by atoms with E-state index in [4.69, 9.17) is 5.21 Å². The van der Waals surface area contributed by atoms with Crippen molar-refractivity contribution in [1.29, 1.82) is 0 Å². The topological polar surface area (TPSA) is 61.4 Å². The van der Waals surface area contributed by atoms with Gasteiger partial charge in [0.2, 0.25) is 0 Å². The summed E-state index contributed by atoms with van der Waals surface area (Å²) in [5, 5.41) is 11.0. The molecule has 3 N–H and O–H groups in total. The molecule has 1 rings (SSSR count). The lowest BCUT2D eigenvalue weighted by Gasteiger charge is -2.03. The number of nitrogens with one attached hydrogen (secondary N) is 2. The maximum absolute atomic E-state index is 10.6. The first-order valence-electron chi connectivity index (χ1n) is 2.59. The van der Waals surface area contributed by atoms with Gasteiger partial charge < -0.3 is 0 Å². The van der Waals surface area contributed by atoms with E-state index in [0.717, 1.165) is 11.6 Å². The number of carbonyl (C=O) groups is 1. The monoisotopic (exact) mass is 148 g/mol. The van der Waals surface area contributed by atoms with E-state index in [9.17, 15) is 4.79 Å². The Morgan fingerprint density at radius 3 is 3.11 bits per heavy atom. The van der Waals surface area contributed by atoms with Gasteiger partial charge in [0.15, 0.2) is 0 Å². The van der Waals surface area contributed by atoms with Gasteiger partial charge in [0.1, 0.15) is 0 Å². The molecule has 1 fully saturated rings. The van der Waals surface area contributed by atoms with Gasteiger partial charge in [-0.25, -0.2) is 5.48 Å². The van der Waals surface area contributed by atoms with Crippen LogP contribution in [-0.2, 0) is 4.79 Å². The fourth-order valence-electron chi connectivity index (χ4n) is 0.642. The van der Waals surface area contributed by atoms with E-state index >= 15 is 0 Å². The molecular formula is C4H8N2O2S. The maximum atomic E-state index is 10.6. The smallest absolute Gasteiger partial charge is 0.261 e. The highest BCUT2D eigenvalue weighted by Crippen LogP contribution is 2.08.